The fourth-order valence-electron chi connectivity index (χ4n) is 2.51. The van der Waals surface area contributed by atoms with Gasteiger partial charge in [-0.2, -0.15) is 13.2 Å². The highest BCUT2D eigenvalue weighted by Crippen LogP contribution is 2.43. The second-order valence-corrected chi connectivity index (χ2v) is 6.67. The van der Waals surface area contributed by atoms with Crippen molar-refractivity contribution in [3.8, 4) is 5.75 Å². The normalized spacial score (nSPS) is 17.4. The maximum absolute atomic E-state index is 13.3. The van der Waals surface area contributed by atoms with Crippen LogP contribution in [0.5, 0.6) is 5.75 Å². The third kappa shape index (κ3) is 7.82. The Kier molecular flexibility index (Phi) is 10.3. The molecule has 0 aromatic heterocycles. The van der Waals surface area contributed by atoms with Gasteiger partial charge in [-0.1, -0.05) is 0 Å². The number of nitrogens with two attached hydrogens (primary N) is 1. The van der Waals surface area contributed by atoms with E-state index in [4.69, 9.17) is 5.21 Å². The molecule has 1 atom stereocenters. The highest BCUT2D eigenvalue weighted by molar-refractivity contribution is 5.96. The second-order valence-electron chi connectivity index (χ2n) is 6.67. The van der Waals surface area contributed by atoms with Gasteiger partial charge in [0.15, 0.2) is 0 Å². The zero-order valence-corrected chi connectivity index (χ0v) is 17.3. The number of quaternary nitrogens is 1. The van der Waals surface area contributed by atoms with Crippen LogP contribution < -0.4 is 21.8 Å². The lowest BCUT2D eigenvalue weighted by molar-refractivity contribution is -0.670. The van der Waals surface area contributed by atoms with Gasteiger partial charge in [0, 0.05) is 11.1 Å². The lowest BCUT2D eigenvalue weighted by Crippen LogP contribution is -2.42. The van der Waals surface area contributed by atoms with Crippen LogP contribution >= 0.6 is 0 Å². The minimum absolute atomic E-state index is 0.367. The summed E-state index contributed by atoms with van der Waals surface area (Å²) in [6.07, 6.45) is -6.25. The minimum Gasteiger partial charge on any atom is -0.475 e. The van der Waals surface area contributed by atoms with E-state index in [1.54, 1.807) is 0 Å². The van der Waals surface area contributed by atoms with E-state index in [0.29, 0.717) is 18.2 Å². The second kappa shape index (κ2) is 11.8. The van der Waals surface area contributed by atoms with E-state index in [0.717, 1.165) is 0 Å². The van der Waals surface area contributed by atoms with Gasteiger partial charge in [-0.3, -0.25) is 4.84 Å². The van der Waals surface area contributed by atoms with Gasteiger partial charge in [0.05, 0.1) is 11.1 Å². The van der Waals surface area contributed by atoms with Crippen molar-refractivity contribution in [2.24, 2.45) is 5.90 Å². The topological polar surface area (TPSA) is 252 Å². The maximum Gasteiger partial charge on any atom is 0.430 e. The van der Waals surface area contributed by atoms with E-state index in [-0.39, 0.29) is 0 Å². The number of rotatable bonds is 5. The van der Waals surface area contributed by atoms with E-state index in [2.05, 4.69) is 31.4 Å². The van der Waals surface area contributed by atoms with E-state index >= 15 is 0 Å². The van der Waals surface area contributed by atoms with E-state index in [1.165, 1.54) is 19.5 Å². The first-order valence-corrected chi connectivity index (χ1v) is 9.15. The first-order valence-electron chi connectivity index (χ1n) is 9.15. The SMILES string of the molecule is C1CNC1.NOCOC(=O)C1=Cc2cc(C(O)(O)O)cc(C(O)(O)O)c2OC1C(F)(F)F.[NH3+]O. The predicted octanol–water partition coefficient (Wildman–Crippen LogP) is -3.44. The van der Waals surface area contributed by atoms with Crippen molar-refractivity contribution in [2.75, 3.05) is 19.9 Å². The van der Waals surface area contributed by atoms with Gasteiger partial charge >= 0.3 is 24.1 Å². The van der Waals surface area contributed by atoms with Crippen molar-refractivity contribution in [2.45, 2.75) is 30.6 Å². The first-order chi connectivity index (χ1) is 15.7. The van der Waals surface area contributed by atoms with Crippen LogP contribution in [-0.2, 0) is 26.3 Å². The summed E-state index contributed by atoms with van der Waals surface area (Å²) < 4.78 is 49.0. The lowest BCUT2D eigenvalue weighted by atomic mass is 9.95. The molecule has 0 amide bonds. The molecule has 3 rings (SSSR count). The molecule has 1 saturated heterocycles. The summed E-state index contributed by atoms with van der Waals surface area (Å²) in [6, 6.07) is 1.02. The Labute approximate surface area is 188 Å². The van der Waals surface area contributed by atoms with Gasteiger partial charge in [-0.05, 0) is 37.7 Å². The van der Waals surface area contributed by atoms with Crippen LogP contribution in [0.3, 0.4) is 0 Å². The van der Waals surface area contributed by atoms with Gasteiger partial charge < -0.3 is 45.4 Å². The zero-order chi connectivity index (χ0) is 26.3. The van der Waals surface area contributed by atoms with E-state index < -0.39 is 65.0 Å². The quantitative estimate of drug-likeness (QED) is 0.107. The number of carbonyl (C=O) groups is 1. The molecule has 0 radical (unpaired) electrons. The average molecular weight is 504 g/mol. The van der Waals surface area contributed by atoms with Crippen LogP contribution in [0.4, 0.5) is 13.2 Å². The van der Waals surface area contributed by atoms with Gasteiger partial charge in [-0.15, -0.1) is 0 Å². The molecular formula is C17H25F3N3O11+. The van der Waals surface area contributed by atoms with E-state index in [1.807, 2.05) is 0 Å². The third-order valence-corrected chi connectivity index (χ3v) is 4.19. The molecule has 194 valence electrons. The average Bonchev–Trinajstić information content (AvgIpc) is 2.68. The van der Waals surface area contributed by atoms with Crippen LogP contribution in [0.15, 0.2) is 17.7 Å². The molecule has 1 aromatic carbocycles. The van der Waals surface area contributed by atoms with Crippen molar-refractivity contribution in [1.29, 1.82) is 0 Å². The number of benzene rings is 1. The Morgan fingerprint density at radius 2 is 1.65 bits per heavy atom. The number of halogens is 3. The number of fused-ring (bicyclic) bond motifs is 1. The molecule has 0 spiro atoms. The summed E-state index contributed by atoms with van der Waals surface area (Å²) >= 11 is 0. The Bertz CT molecular complexity index is 859. The smallest absolute Gasteiger partial charge is 0.430 e. The van der Waals surface area contributed by atoms with Crippen LogP contribution in [0.1, 0.15) is 23.1 Å². The lowest BCUT2D eigenvalue weighted by Gasteiger charge is -2.31. The van der Waals surface area contributed by atoms with Crippen LogP contribution in [0, 0.1) is 0 Å². The third-order valence-electron chi connectivity index (χ3n) is 4.19. The van der Waals surface area contributed by atoms with Crippen LogP contribution in [-0.4, -0.2) is 74.0 Å². The van der Waals surface area contributed by atoms with Gasteiger partial charge in [0.25, 0.3) is 0 Å². The Balaban J connectivity index is 0.000000850. The summed E-state index contributed by atoms with van der Waals surface area (Å²) in [5, 5.41) is 65.8. The van der Waals surface area contributed by atoms with Crippen molar-refractivity contribution in [3.63, 3.8) is 0 Å². The highest BCUT2D eigenvalue weighted by Gasteiger charge is 2.50. The van der Waals surface area contributed by atoms with Gasteiger partial charge in [0.2, 0.25) is 12.9 Å². The minimum atomic E-state index is -5.19. The molecule has 0 bridgehead atoms. The Hall–Kier alpha value is -2.42. The number of esters is 1. The summed E-state index contributed by atoms with van der Waals surface area (Å²) in [7, 11) is 0. The zero-order valence-electron chi connectivity index (χ0n) is 17.3. The van der Waals surface area contributed by atoms with Crippen LogP contribution in [0.25, 0.3) is 6.08 Å². The fraction of sp³-hybridized carbons (Fsp3) is 0.471. The summed E-state index contributed by atoms with van der Waals surface area (Å²) in [5.74, 6) is -3.05. The molecule has 1 unspecified atom stereocenters. The number of nitrogens with one attached hydrogen (secondary N) is 1. The molecule has 34 heavy (non-hydrogen) atoms. The molecule has 17 heteroatoms. The number of alkyl halides is 3. The standard InChI is InChI=1S/C14H14F3NO10.C3H7N.H4NO/c15-12(16,17)10-7(11(19)26-4-27-18)2-5-1-6(13(20,21)22)3-8(9(5)28-10)14(23,24)25;1-2-4-3-1;1-2/h1-3,10,20-25H,4,18H2;4H,1-3H2;2H,1H3/q;;+1. The molecule has 0 saturated carbocycles. The predicted molar refractivity (Wildman–Crippen MR) is 100.0 cm³/mol. The number of aliphatic hydroxyl groups is 6. The molecular weight excluding hydrogens is 479 g/mol. The molecule has 2 heterocycles. The fourth-order valence-corrected chi connectivity index (χ4v) is 2.51. The number of ether oxygens (including phenoxy) is 2. The van der Waals surface area contributed by atoms with Crippen molar-refractivity contribution >= 4 is 12.0 Å². The van der Waals surface area contributed by atoms with Crippen LogP contribution in [0.2, 0.25) is 0 Å². The first kappa shape index (κ1) is 29.6. The monoisotopic (exact) mass is 504 g/mol. The summed E-state index contributed by atoms with van der Waals surface area (Å²) in [5.41, 5.74) is -3.77. The van der Waals surface area contributed by atoms with Crippen molar-refractivity contribution in [3.05, 3.63) is 34.4 Å². The Morgan fingerprint density at radius 3 is 2.03 bits per heavy atom. The van der Waals surface area contributed by atoms with Crippen molar-refractivity contribution < 1.29 is 74.0 Å². The van der Waals surface area contributed by atoms with Gasteiger partial charge in [0.1, 0.15) is 5.75 Å². The molecule has 13 N–H and O–H groups in total. The number of hydrogen-bond acceptors (Lipinski definition) is 13. The molecule has 2 aliphatic rings. The number of carbonyl (C=O) groups excluding carboxylic acids is 1. The summed E-state index contributed by atoms with van der Waals surface area (Å²) in [6.45, 7) is 1.60. The number of hydrogen-bond donors (Lipinski definition) is 10. The molecule has 1 fully saturated rings. The molecule has 14 nitrogen and oxygen atoms in total. The highest BCUT2D eigenvalue weighted by atomic mass is 19.4. The molecule has 2 aliphatic heterocycles. The largest absolute Gasteiger partial charge is 0.475 e. The maximum atomic E-state index is 13.3. The van der Waals surface area contributed by atoms with E-state index in [9.17, 15) is 48.6 Å². The van der Waals surface area contributed by atoms with Crippen molar-refractivity contribution in [1.82, 2.24) is 5.32 Å². The summed E-state index contributed by atoms with van der Waals surface area (Å²) in [4.78, 5) is 15.8. The Morgan fingerprint density at radius 1 is 1.12 bits per heavy atom. The molecule has 0 aliphatic carbocycles. The van der Waals surface area contributed by atoms with Gasteiger partial charge in [-0.25, -0.2) is 21.8 Å². The molecule has 1 aromatic rings.